The summed E-state index contributed by atoms with van der Waals surface area (Å²) in [5, 5.41) is 4.16. The Bertz CT molecular complexity index is 764. The fourth-order valence-corrected chi connectivity index (χ4v) is 2.89. The summed E-state index contributed by atoms with van der Waals surface area (Å²) >= 11 is 11.6. The highest BCUT2D eigenvalue weighted by molar-refractivity contribution is 7.92. The number of aromatic nitrogens is 1. The molecule has 0 aliphatic carbocycles. The van der Waals surface area contributed by atoms with Crippen LogP contribution in [0.25, 0.3) is 0 Å². The molecule has 1 aromatic carbocycles. The van der Waals surface area contributed by atoms with E-state index in [1.54, 1.807) is 6.07 Å². The van der Waals surface area contributed by atoms with E-state index >= 15 is 0 Å². The van der Waals surface area contributed by atoms with Gasteiger partial charge in [-0.2, -0.15) is 0 Å². The topological polar surface area (TPSA) is 72.2 Å². The number of anilines is 1. The van der Waals surface area contributed by atoms with Gasteiger partial charge in [0.15, 0.2) is 5.82 Å². The Labute approximate surface area is 133 Å². The van der Waals surface area contributed by atoms with Crippen LogP contribution in [0.5, 0.6) is 0 Å². The minimum atomic E-state index is -3.80. The molecule has 0 saturated carbocycles. The molecule has 0 saturated heterocycles. The zero-order chi connectivity index (χ0) is 15.8. The molecule has 0 radical (unpaired) electrons. The van der Waals surface area contributed by atoms with Crippen molar-refractivity contribution >= 4 is 39.0 Å². The van der Waals surface area contributed by atoms with Gasteiger partial charge in [-0.05, 0) is 18.2 Å². The summed E-state index contributed by atoms with van der Waals surface area (Å²) in [7, 11) is -3.80. The highest BCUT2D eigenvalue weighted by Crippen LogP contribution is 2.28. The maximum absolute atomic E-state index is 12.2. The van der Waals surface area contributed by atoms with Gasteiger partial charge in [0.05, 0.1) is 14.9 Å². The van der Waals surface area contributed by atoms with Gasteiger partial charge in [-0.25, -0.2) is 8.42 Å². The quantitative estimate of drug-likeness (QED) is 0.906. The SMILES string of the molecule is CC(C)(C)c1cc(NS(=O)(=O)c2ccc(Cl)c(Cl)c2)no1. The van der Waals surface area contributed by atoms with Crippen molar-refractivity contribution < 1.29 is 12.9 Å². The molecule has 0 unspecified atom stereocenters. The maximum atomic E-state index is 12.2. The molecule has 5 nitrogen and oxygen atoms in total. The molecule has 2 aromatic rings. The predicted molar refractivity (Wildman–Crippen MR) is 82.5 cm³/mol. The first-order valence-electron chi connectivity index (χ1n) is 6.05. The first kappa shape index (κ1) is 16.1. The predicted octanol–water partition coefficient (Wildman–Crippen LogP) is 4.08. The molecule has 21 heavy (non-hydrogen) atoms. The summed E-state index contributed by atoms with van der Waals surface area (Å²) in [6.45, 7) is 5.81. The Kier molecular flexibility index (Phi) is 4.24. The molecule has 1 N–H and O–H groups in total. The van der Waals surface area contributed by atoms with E-state index in [0.29, 0.717) is 5.76 Å². The molecule has 0 aliphatic heterocycles. The molecule has 0 amide bonds. The number of rotatable bonds is 3. The summed E-state index contributed by atoms with van der Waals surface area (Å²) in [6, 6.07) is 5.61. The van der Waals surface area contributed by atoms with E-state index in [0.717, 1.165) is 0 Å². The van der Waals surface area contributed by atoms with Crippen LogP contribution in [-0.4, -0.2) is 13.6 Å². The summed E-state index contributed by atoms with van der Waals surface area (Å²) in [5.41, 5.74) is -0.264. The average Bonchev–Trinajstić information content (AvgIpc) is 2.80. The lowest BCUT2D eigenvalue weighted by molar-refractivity contribution is 0.331. The second-order valence-corrected chi connectivity index (χ2v) is 8.00. The second kappa shape index (κ2) is 5.51. The number of nitrogens with zero attached hydrogens (tertiary/aromatic N) is 1. The molecule has 0 bridgehead atoms. The van der Waals surface area contributed by atoms with Crippen LogP contribution in [0.2, 0.25) is 10.0 Å². The molecule has 2 rings (SSSR count). The lowest BCUT2D eigenvalue weighted by atomic mass is 9.93. The van der Waals surface area contributed by atoms with Crippen molar-refractivity contribution in [3.63, 3.8) is 0 Å². The Morgan fingerprint density at radius 2 is 1.81 bits per heavy atom. The highest BCUT2D eigenvalue weighted by atomic mass is 35.5. The summed E-state index contributed by atoms with van der Waals surface area (Å²) in [6.07, 6.45) is 0. The van der Waals surface area contributed by atoms with Crippen molar-refractivity contribution in [2.45, 2.75) is 31.1 Å². The second-order valence-electron chi connectivity index (χ2n) is 5.51. The molecule has 1 heterocycles. The van der Waals surface area contributed by atoms with Crippen LogP contribution in [-0.2, 0) is 15.4 Å². The third-order valence-electron chi connectivity index (χ3n) is 2.69. The number of hydrogen-bond acceptors (Lipinski definition) is 4. The number of halogens is 2. The Morgan fingerprint density at radius 3 is 2.33 bits per heavy atom. The third kappa shape index (κ3) is 3.70. The Morgan fingerprint density at radius 1 is 1.14 bits per heavy atom. The number of nitrogens with one attached hydrogen (secondary N) is 1. The van der Waals surface area contributed by atoms with Gasteiger partial charge < -0.3 is 4.52 Å². The zero-order valence-electron chi connectivity index (χ0n) is 11.6. The van der Waals surface area contributed by atoms with Gasteiger partial charge in [-0.3, -0.25) is 4.72 Å². The van der Waals surface area contributed by atoms with Gasteiger partial charge in [0.25, 0.3) is 10.0 Å². The van der Waals surface area contributed by atoms with Gasteiger partial charge in [-0.1, -0.05) is 49.1 Å². The lowest BCUT2D eigenvalue weighted by Crippen LogP contribution is -2.13. The van der Waals surface area contributed by atoms with Crippen molar-refractivity contribution in [1.82, 2.24) is 5.16 Å². The molecule has 114 valence electrons. The smallest absolute Gasteiger partial charge is 0.263 e. The van der Waals surface area contributed by atoms with Gasteiger partial charge >= 0.3 is 0 Å². The maximum Gasteiger partial charge on any atom is 0.263 e. The van der Waals surface area contributed by atoms with Crippen LogP contribution in [0.1, 0.15) is 26.5 Å². The molecular formula is C13H14Cl2N2O3S. The van der Waals surface area contributed by atoms with Crippen molar-refractivity contribution in [3.05, 3.63) is 40.1 Å². The van der Waals surface area contributed by atoms with Gasteiger partial charge in [0, 0.05) is 11.5 Å². The van der Waals surface area contributed by atoms with Gasteiger partial charge in [-0.15, -0.1) is 0 Å². The van der Waals surface area contributed by atoms with Crippen molar-refractivity contribution in [3.8, 4) is 0 Å². The molecule has 0 spiro atoms. The van der Waals surface area contributed by atoms with Gasteiger partial charge in [0.1, 0.15) is 5.76 Å². The molecule has 0 fully saturated rings. The Balaban J connectivity index is 2.29. The van der Waals surface area contributed by atoms with Crippen LogP contribution in [0, 0.1) is 0 Å². The first-order chi connectivity index (χ1) is 9.59. The van der Waals surface area contributed by atoms with Crippen LogP contribution in [0.3, 0.4) is 0 Å². The number of benzene rings is 1. The van der Waals surface area contributed by atoms with Gasteiger partial charge in [0.2, 0.25) is 0 Å². The summed E-state index contributed by atoms with van der Waals surface area (Å²) in [5.74, 6) is 0.695. The van der Waals surface area contributed by atoms with Crippen molar-refractivity contribution in [2.75, 3.05) is 4.72 Å². The molecule has 0 atom stereocenters. The third-order valence-corrected chi connectivity index (χ3v) is 4.78. The number of hydrogen-bond donors (Lipinski definition) is 1. The van der Waals surface area contributed by atoms with E-state index in [1.807, 2.05) is 20.8 Å². The number of sulfonamides is 1. The van der Waals surface area contributed by atoms with E-state index in [1.165, 1.54) is 18.2 Å². The van der Waals surface area contributed by atoms with Crippen LogP contribution in [0.4, 0.5) is 5.82 Å². The molecule has 1 aromatic heterocycles. The zero-order valence-corrected chi connectivity index (χ0v) is 14.0. The fraction of sp³-hybridized carbons (Fsp3) is 0.308. The average molecular weight is 349 g/mol. The van der Waals surface area contributed by atoms with Crippen LogP contribution in [0.15, 0.2) is 33.7 Å². The highest BCUT2D eigenvalue weighted by Gasteiger charge is 2.22. The minimum Gasteiger partial charge on any atom is -0.359 e. The van der Waals surface area contributed by atoms with Crippen LogP contribution < -0.4 is 4.72 Å². The molecule has 0 aliphatic rings. The van der Waals surface area contributed by atoms with Crippen molar-refractivity contribution in [1.29, 1.82) is 0 Å². The minimum absolute atomic E-state index is 0.00258. The largest absolute Gasteiger partial charge is 0.359 e. The van der Waals surface area contributed by atoms with E-state index in [4.69, 9.17) is 27.7 Å². The summed E-state index contributed by atoms with van der Waals surface area (Å²) in [4.78, 5) is -0.00258. The fourth-order valence-electron chi connectivity index (χ4n) is 1.52. The molecular weight excluding hydrogens is 335 g/mol. The monoisotopic (exact) mass is 348 g/mol. The first-order valence-corrected chi connectivity index (χ1v) is 8.28. The normalized spacial score (nSPS) is 12.4. The Hall–Kier alpha value is -1.24. The van der Waals surface area contributed by atoms with E-state index in [2.05, 4.69) is 9.88 Å². The molecule has 8 heteroatoms. The lowest BCUT2D eigenvalue weighted by Gasteiger charge is -2.12. The van der Waals surface area contributed by atoms with E-state index in [9.17, 15) is 8.42 Å². The van der Waals surface area contributed by atoms with Crippen LogP contribution >= 0.6 is 23.2 Å². The van der Waals surface area contributed by atoms with E-state index in [-0.39, 0.29) is 26.2 Å². The van der Waals surface area contributed by atoms with E-state index < -0.39 is 10.0 Å². The standard InChI is InChI=1S/C13H14Cl2N2O3S/c1-13(2,3)11-7-12(16-20-11)17-21(18,19)8-4-5-9(14)10(15)6-8/h4-7H,1-3H3,(H,16,17). The summed E-state index contributed by atoms with van der Waals surface area (Å²) < 4.78 is 31.9. The van der Waals surface area contributed by atoms with Crippen molar-refractivity contribution in [2.24, 2.45) is 0 Å².